The average molecular weight is 386 g/mol. The monoisotopic (exact) mass is 385 g/mol. The van der Waals surface area contributed by atoms with Gasteiger partial charge in [0.1, 0.15) is 4.88 Å². The highest BCUT2D eigenvalue weighted by molar-refractivity contribution is 7.91. The molecule has 138 valence electrons. The van der Waals surface area contributed by atoms with Gasteiger partial charge in [0.25, 0.3) is 5.91 Å². The van der Waals surface area contributed by atoms with Crippen molar-refractivity contribution in [3.63, 3.8) is 0 Å². The first-order valence-electron chi connectivity index (χ1n) is 8.58. The maximum absolute atomic E-state index is 12.5. The SMILES string of the molecule is CCc1sc(C(=O)OCC(=O)N(C2CC2)[C@@H]2CCS(=O)(=O)C2)cc1C. The van der Waals surface area contributed by atoms with Crippen LogP contribution in [-0.4, -0.2) is 55.4 Å². The van der Waals surface area contributed by atoms with Gasteiger partial charge in [-0.15, -0.1) is 11.3 Å². The Morgan fingerprint density at radius 1 is 1.28 bits per heavy atom. The normalized spacial score (nSPS) is 21.9. The lowest BCUT2D eigenvalue weighted by atomic mass is 10.2. The van der Waals surface area contributed by atoms with Gasteiger partial charge in [0.05, 0.1) is 11.5 Å². The number of esters is 1. The minimum atomic E-state index is -3.06. The minimum Gasteiger partial charge on any atom is -0.451 e. The van der Waals surface area contributed by atoms with Crippen LogP contribution in [0.15, 0.2) is 6.07 Å². The van der Waals surface area contributed by atoms with Crippen molar-refractivity contribution >= 4 is 33.1 Å². The number of nitrogens with zero attached hydrogens (tertiary/aromatic N) is 1. The topological polar surface area (TPSA) is 80.8 Å². The maximum Gasteiger partial charge on any atom is 0.348 e. The van der Waals surface area contributed by atoms with Crippen LogP contribution in [0.1, 0.15) is 46.3 Å². The van der Waals surface area contributed by atoms with E-state index in [2.05, 4.69) is 0 Å². The summed E-state index contributed by atoms with van der Waals surface area (Å²) in [5.41, 5.74) is 1.06. The second-order valence-electron chi connectivity index (χ2n) is 6.74. The van der Waals surface area contributed by atoms with Gasteiger partial charge in [-0.2, -0.15) is 0 Å². The Balaban J connectivity index is 1.61. The number of carbonyl (C=O) groups excluding carboxylic acids is 2. The smallest absolute Gasteiger partial charge is 0.348 e. The molecule has 1 aromatic rings. The molecule has 0 bridgehead atoms. The van der Waals surface area contributed by atoms with Gasteiger partial charge < -0.3 is 9.64 Å². The minimum absolute atomic E-state index is 0.0210. The first-order chi connectivity index (χ1) is 11.8. The van der Waals surface area contributed by atoms with E-state index in [0.717, 1.165) is 29.7 Å². The Bertz CT molecular complexity index is 779. The molecule has 0 spiro atoms. The number of thiophene rings is 1. The Labute approximate surface area is 152 Å². The second-order valence-corrected chi connectivity index (χ2v) is 10.1. The third-order valence-corrected chi connectivity index (χ3v) is 7.81. The molecule has 0 unspecified atom stereocenters. The van der Waals surface area contributed by atoms with Gasteiger partial charge in [0, 0.05) is 17.0 Å². The third-order valence-electron chi connectivity index (χ3n) is 4.70. The molecule has 1 aliphatic carbocycles. The average Bonchev–Trinajstić information content (AvgIpc) is 3.21. The first-order valence-corrected chi connectivity index (χ1v) is 11.2. The summed E-state index contributed by atoms with van der Waals surface area (Å²) in [5, 5.41) is 0. The van der Waals surface area contributed by atoms with Crippen molar-refractivity contribution in [1.82, 2.24) is 4.90 Å². The van der Waals surface area contributed by atoms with Gasteiger partial charge in [-0.25, -0.2) is 13.2 Å². The molecular weight excluding hydrogens is 362 g/mol. The van der Waals surface area contributed by atoms with Gasteiger partial charge in [0.15, 0.2) is 16.4 Å². The highest BCUT2D eigenvalue weighted by Gasteiger charge is 2.42. The van der Waals surface area contributed by atoms with Crippen LogP contribution in [0.5, 0.6) is 0 Å². The van der Waals surface area contributed by atoms with E-state index in [4.69, 9.17) is 4.74 Å². The molecule has 6 nitrogen and oxygen atoms in total. The molecule has 1 aromatic heterocycles. The van der Waals surface area contributed by atoms with Crippen LogP contribution in [0.4, 0.5) is 0 Å². The highest BCUT2D eigenvalue weighted by Crippen LogP contribution is 2.32. The van der Waals surface area contributed by atoms with E-state index >= 15 is 0 Å². The summed E-state index contributed by atoms with van der Waals surface area (Å²) in [4.78, 5) is 28.0. The summed E-state index contributed by atoms with van der Waals surface area (Å²) < 4.78 is 28.6. The summed E-state index contributed by atoms with van der Waals surface area (Å²) in [7, 11) is -3.06. The summed E-state index contributed by atoms with van der Waals surface area (Å²) in [6.07, 6.45) is 3.11. The molecule has 0 radical (unpaired) electrons. The standard InChI is InChI=1S/C17H23NO5S2/c1-3-14-11(2)8-15(24-14)17(20)23-9-16(19)18(12-4-5-12)13-6-7-25(21,22)10-13/h8,12-13H,3-7,9-10H2,1-2H3/t13-/m1/s1. The third kappa shape index (κ3) is 4.23. The molecule has 1 amide bonds. The van der Waals surface area contributed by atoms with E-state index in [1.54, 1.807) is 11.0 Å². The van der Waals surface area contributed by atoms with Gasteiger partial charge >= 0.3 is 5.97 Å². The second kappa shape index (κ2) is 7.07. The number of ether oxygens (including phenoxy) is 1. The van der Waals surface area contributed by atoms with E-state index < -0.39 is 15.8 Å². The quantitative estimate of drug-likeness (QED) is 0.699. The molecule has 1 aliphatic heterocycles. The van der Waals surface area contributed by atoms with Crippen LogP contribution in [0.3, 0.4) is 0 Å². The molecular formula is C17H23NO5S2. The zero-order valence-corrected chi connectivity index (χ0v) is 16.1. The molecule has 25 heavy (non-hydrogen) atoms. The Hall–Kier alpha value is -1.41. The Kier molecular flexibility index (Phi) is 5.20. The van der Waals surface area contributed by atoms with Crippen molar-refractivity contribution in [2.45, 2.75) is 51.6 Å². The van der Waals surface area contributed by atoms with Crippen molar-refractivity contribution in [3.05, 3.63) is 21.4 Å². The van der Waals surface area contributed by atoms with E-state index in [9.17, 15) is 18.0 Å². The molecule has 2 aliphatic rings. The number of hydrogen-bond donors (Lipinski definition) is 0. The van der Waals surface area contributed by atoms with Crippen LogP contribution >= 0.6 is 11.3 Å². The molecule has 1 atom stereocenters. The van der Waals surface area contributed by atoms with Crippen LogP contribution in [0.25, 0.3) is 0 Å². The summed E-state index contributed by atoms with van der Waals surface area (Å²) in [6.45, 7) is 3.65. The van der Waals surface area contributed by atoms with E-state index in [1.807, 2.05) is 13.8 Å². The molecule has 2 fully saturated rings. The zero-order chi connectivity index (χ0) is 18.2. The fourth-order valence-electron chi connectivity index (χ4n) is 3.30. The van der Waals surface area contributed by atoms with Crippen molar-refractivity contribution < 1.29 is 22.7 Å². The summed E-state index contributed by atoms with van der Waals surface area (Å²) in [6, 6.07) is 1.61. The molecule has 2 heterocycles. The van der Waals surface area contributed by atoms with Crippen LogP contribution < -0.4 is 0 Å². The number of rotatable bonds is 6. The molecule has 1 saturated heterocycles. The van der Waals surface area contributed by atoms with Crippen LogP contribution in [-0.2, 0) is 25.8 Å². The predicted molar refractivity (Wildman–Crippen MR) is 95.6 cm³/mol. The van der Waals surface area contributed by atoms with E-state index in [-0.39, 0.29) is 36.1 Å². The van der Waals surface area contributed by atoms with Crippen molar-refractivity contribution in [2.24, 2.45) is 0 Å². The predicted octanol–water partition coefficient (Wildman–Crippen LogP) is 1.95. The Morgan fingerprint density at radius 3 is 2.52 bits per heavy atom. The van der Waals surface area contributed by atoms with Crippen molar-refractivity contribution in [1.29, 1.82) is 0 Å². The molecule has 3 rings (SSSR count). The van der Waals surface area contributed by atoms with Crippen molar-refractivity contribution in [2.75, 3.05) is 18.1 Å². The molecule has 8 heteroatoms. The van der Waals surface area contributed by atoms with Gasteiger partial charge in [0.2, 0.25) is 0 Å². The van der Waals surface area contributed by atoms with Gasteiger partial charge in [-0.05, 0) is 44.2 Å². The zero-order valence-electron chi connectivity index (χ0n) is 14.5. The lowest BCUT2D eigenvalue weighted by Crippen LogP contribution is -2.44. The van der Waals surface area contributed by atoms with E-state index in [1.165, 1.54) is 11.3 Å². The number of amides is 1. The Morgan fingerprint density at radius 2 is 2.00 bits per heavy atom. The summed E-state index contributed by atoms with van der Waals surface area (Å²) >= 11 is 1.39. The van der Waals surface area contributed by atoms with Crippen LogP contribution in [0, 0.1) is 6.92 Å². The number of aryl methyl sites for hydroxylation is 2. The fourth-order valence-corrected chi connectivity index (χ4v) is 6.02. The van der Waals surface area contributed by atoms with Gasteiger partial charge in [-0.3, -0.25) is 4.79 Å². The number of sulfone groups is 1. The largest absolute Gasteiger partial charge is 0.451 e. The lowest BCUT2D eigenvalue weighted by molar-refractivity contribution is -0.137. The molecule has 0 N–H and O–H groups in total. The summed E-state index contributed by atoms with van der Waals surface area (Å²) in [5.74, 6) is -0.632. The lowest BCUT2D eigenvalue weighted by Gasteiger charge is -2.28. The number of carbonyl (C=O) groups is 2. The molecule has 0 aromatic carbocycles. The molecule has 1 saturated carbocycles. The van der Waals surface area contributed by atoms with E-state index in [0.29, 0.717) is 11.3 Å². The number of hydrogen-bond acceptors (Lipinski definition) is 6. The van der Waals surface area contributed by atoms with Crippen LogP contribution in [0.2, 0.25) is 0 Å². The van der Waals surface area contributed by atoms with Gasteiger partial charge in [-0.1, -0.05) is 6.92 Å². The first kappa shape index (κ1) is 18.4. The fraction of sp³-hybridized carbons (Fsp3) is 0.647. The van der Waals surface area contributed by atoms with Crippen molar-refractivity contribution in [3.8, 4) is 0 Å². The highest BCUT2D eigenvalue weighted by atomic mass is 32.2. The maximum atomic E-state index is 12.5.